The van der Waals surface area contributed by atoms with E-state index in [0.717, 1.165) is 6.07 Å². The Bertz CT molecular complexity index is 754. The Morgan fingerprint density at radius 1 is 0.846 bits per heavy atom. The third-order valence-corrected chi connectivity index (χ3v) is 2.62. The fourth-order valence-electron chi connectivity index (χ4n) is 1.22. The van der Waals surface area contributed by atoms with Gasteiger partial charge in [0.15, 0.2) is 0 Å². The zero-order valence-corrected chi connectivity index (χ0v) is 13.9. The van der Waals surface area contributed by atoms with Crippen LogP contribution >= 0.6 is 0 Å². The Kier molecular flexibility index (Phi) is 8.15. The van der Waals surface area contributed by atoms with Gasteiger partial charge < -0.3 is 20.1 Å². The number of benzene rings is 1. The molecule has 138 valence electrons. The van der Waals surface area contributed by atoms with Crippen LogP contribution in [-0.4, -0.2) is 45.2 Å². The van der Waals surface area contributed by atoms with Crippen molar-refractivity contribution in [1.82, 2.24) is 0 Å². The summed E-state index contributed by atoms with van der Waals surface area (Å²) >= 11 is 0. The minimum absolute atomic E-state index is 0.00917. The van der Waals surface area contributed by atoms with Gasteiger partial charge in [0.1, 0.15) is 0 Å². The van der Waals surface area contributed by atoms with Crippen molar-refractivity contribution in [3.63, 3.8) is 0 Å². The highest BCUT2D eigenvalue weighted by molar-refractivity contribution is 6.15. The van der Waals surface area contributed by atoms with Gasteiger partial charge in [-0.1, -0.05) is 13.2 Å². The molecule has 1 aliphatic heterocycles. The first-order chi connectivity index (χ1) is 11.9. The lowest BCUT2D eigenvalue weighted by Crippen LogP contribution is -2.00. The predicted molar refractivity (Wildman–Crippen MR) is 88.0 cm³/mol. The summed E-state index contributed by atoms with van der Waals surface area (Å²) in [5.74, 6) is -4.56. The first-order valence-electron chi connectivity index (χ1n) is 6.79. The van der Waals surface area contributed by atoms with E-state index in [-0.39, 0.29) is 27.8 Å². The number of hydrogen-bond acceptors (Lipinski definition) is 6. The maximum atomic E-state index is 11.0. The third-order valence-electron chi connectivity index (χ3n) is 2.62. The molecule has 0 spiro atoms. The maximum absolute atomic E-state index is 11.0. The quantitative estimate of drug-likeness (QED) is 0.414. The largest absolute Gasteiger partial charge is 0.478 e. The fraction of sp³-hybridized carbons (Fsp3) is 0.118. The lowest BCUT2D eigenvalue weighted by atomic mass is 10.1. The van der Waals surface area contributed by atoms with Crippen LogP contribution < -0.4 is 0 Å². The minimum atomic E-state index is -1.15. The van der Waals surface area contributed by atoms with Crippen LogP contribution in [0.1, 0.15) is 44.9 Å². The number of ether oxygens (including phenoxy) is 1. The molecule has 0 saturated carbocycles. The van der Waals surface area contributed by atoms with E-state index in [9.17, 15) is 24.0 Å². The van der Waals surface area contributed by atoms with Crippen LogP contribution in [0.5, 0.6) is 0 Å². The molecule has 1 aromatic carbocycles. The van der Waals surface area contributed by atoms with Crippen LogP contribution in [-0.2, 0) is 14.3 Å². The van der Waals surface area contributed by atoms with Gasteiger partial charge in [0.2, 0.25) is 0 Å². The Morgan fingerprint density at radius 2 is 1.23 bits per heavy atom. The van der Waals surface area contributed by atoms with E-state index >= 15 is 0 Å². The van der Waals surface area contributed by atoms with Crippen LogP contribution in [0.2, 0.25) is 0 Å². The molecule has 0 radical (unpaired) electrons. The van der Waals surface area contributed by atoms with E-state index in [4.69, 9.17) is 15.3 Å². The molecular weight excluding hydrogens is 348 g/mol. The van der Waals surface area contributed by atoms with Crippen molar-refractivity contribution in [3.8, 4) is 0 Å². The summed E-state index contributed by atoms with van der Waals surface area (Å²) in [4.78, 5) is 51.7. The van der Waals surface area contributed by atoms with Crippen molar-refractivity contribution in [2.45, 2.75) is 13.8 Å². The number of rotatable bonds is 3. The molecule has 1 aliphatic rings. The van der Waals surface area contributed by atoms with Crippen LogP contribution in [0.3, 0.4) is 0 Å². The second-order valence-electron chi connectivity index (χ2n) is 4.91. The Labute approximate surface area is 147 Å². The average Bonchev–Trinajstić information content (AvgIpc) is 2.82. The number of cyclic esters (lactones) is 2. The average molecular weight is 364 g/mol. The topological polar surface area (TPSA) is 155 Å². The summed E-state index contributed by atoms with van der Waals surface area (Å²) in [6, 6.07) is 3.65. The van der Waals surface area contributed by atoms with E-state index in [1.165, 1.54) is 26.0 Å². The fourth-order valence-corrected chi connectivity index (χ4v) is 1.22. The van der Waals surface area contributed by atoms with Crippen molar-refractivity contribution < 1.29 is 44.0 Å². The maximum Gasteiger partial charge on any atom is 0.346 e. The summed E-state index contributed by atoms with van der Waals surface area (Å²) in [6.45, 7) is 9.20. The van der Waals surface area contributed by atoms with Gasteiger partial charge in [-0.2, -0.15) is 0 Å². The number of carbonyl (C=O) groups excluding carboxylic acids is 2. The van der Waals surface area contributed by atoms with Gasteiger partial charge in [-0.3, -0.25) is 0 Å². The lowest BCUT2D eigenvalue weighted by molar-refractivity contribution is -0.133. The van der Waals surface area contributed by atoms with E-state index < -0.39 is 29.8 Å². The molecule has 0 aromatic heterocycles. The van der Waals surface area contributed by atoms with Crippen LogP contribution in [0.25, 0.3) is 0 Å². The predicted octanol–water partition coefficient (Wildman–Crippen LogP) is 1.99. The van der Waals surface area contributed by atoms with Crippen molar-refractivity contribution in [2.24, 2.45) is 0 Å². The molecule has 1 heterocycles. The lowest BCUT2D eigenvalue weighted by Gasteiger charge is -1.94. The molecule has 0 atom stereocenters. The van der Waals surface area contributed by atoms with E-state index in [0.29, 0.717) is 0 Å². The summed E-state index contributed by atoms with van der Waals surface area (Å²) in [6.07, 6.45) is 0. The minimum Gasteiger partial charge on any atom is -0.478 e. The molecular formula is C17H16O9. The molecule has 0 bridgehead atoms. The molecule has 0 aliphatic carbocycles. The second kappa shape index (κ2) is 9.52. The van der Waals surface area contributed by atoms with Crippen molar-refractivity contribution in [3.05, 3.63) is 59.2 Å². The summed E-state index contributed by atoms with van der Waals surface area (Å²) in [7, 11) is 0. The normalized spacial score (nSPS) is 10.8. The highest BCUT2D eigenvalue weighted by atomic mass is 16.6. The van der Waals surface area contributed by atoms with E-state index in [1.54, 1.807) is 0 Å². The number of aromatic carboxylic acids is 1. The smallest absolute Gasteiger partial charge is 0.346 e. The first kappa shape index (κ1) is 22.2. The molecule has 1 aromatic rings. The van der Waals surface area contributed by atoms with Gasteiger partial charge in [-0.15, -0.1) is 0 Å². The first-order valence-corrected chi connectivity index (χ1v) is 6.79. The monoisotopic (exact) mass is 364 g/mol. The van der Waals surface area contributed by atoms with Gasteiger partial charge in [0, 0.05) is 11.1 Å². The summed E-state index contributed by atoms with van der Waals surface area (Å²) in [5.41, 5.74) is 0.426. The molecule has 3 N–H and O–H groups in total. The van der Waals surface area contributed by atoms with Gasteiger partial charge in [0.25, 0.3) is 0 Å². The summed E-state index contributed by atoms with van der Waals surface area (Å²) < 4.78 is 4.30. The number of hydrogen-bond donors (Lipinski definition) is 3. The highest BCUT2D eigenvalue weighted by Crippen LogP contribution is 2.20. The molecule has 9 nitrogen and oxygen atoms in total. The molecule has 0 fully saturated rings. The van der Waals surface area contributed by atoms with E-state index in [1.807, 2.05) is 0 Å². The third kappa shape index (κ3) is 6.79. The van der Waals surface area contributed by atoms with Crippen LogP contribution in [0, 0.1) is 0 Å². The van der Waals surface area contributed by atoms with Crippen molar-refractivity contribution in [1.29, 1.82) is 0 Å². The highest BCUT2D eigenvalue weighted by Gasteiger charge is 2.30. The molecule has 0 amide bonds. The van der Waals surface area contributed by atoms with E-state index in [2.05, 4.69) is 17.9 Å². The van der Waals surface area contributed by atoms with Crippen molar-refractivity contribution >= 4 is 29.8 Å². The van der Waals surface area contributed by atoms with Crippen LogP contribution in [0.15, 0.2) is 42.5 Å². The SMILES string of the molecule is C=C(C)C(=O)O.C=C(C)C(=O)O.O=C(O)c1ccc2c(c1)C(=O)OC2=O. The number of esters is 2. The Morgan fingerprint density at radius 3 is 1.58 bits per heavy atom. The second-order valence-corrected chi connectivity index (χ2v) is 4.91. The van der Waals surface area contributed by atoms with Gasteiger partial charge in [0.05, 0.1) is 16.7 Å². The number of carbonyl (C=O) groups is 5. The van der Waals surface area contributed by atoms with Gasteiger partial charge in [-0.25, -0.2) is 24.0 Å². The van der Waals surface area contributed by atoms with Gasteiger partial charge >= 0.3 is 29.8 Å². The van der Waals surface area contributed by atoms with Crippen LogP contribution in [0.4, 0.5) is 0 Å². The van der Waals surface area contributed by atoms with Crippen molar-refractivity contribution in [2.75, 3.05) is 0 Å². The summed E-state index contributed by atoms with van der Waals surface area (Å²) in [5, 5.41) is 24.4. The molecule has 9 heteroatoms. The molecule has 0 saturated heterocycles. The zero-order valence-electron chi connectivity index (χ0n) is 13.9. The molecule has 2 rings (SSSR count). The molecule has 0 unspecified atom stereocenters. The number of carboxylic acids is 3. The number of fused-ring (bicyclic) bond motifs is 1. The molecule has 26 heavy (non-hydrogen) atoms. The Balaban J connectivity index is 0.000000437. The van der Waals surface area contributed by atoms with Gasteiger partial charge in [-0.05, 0) is 32.0 Å². The standard InChI is InChI=1S/C9H4O5.2C4H6O2/c10-7(11)4-1-2-5-6(3-4)9(13)14-8(5)12;2*1-3(2)4(5)6/h1-3H,(H,10,11);2*1H2,2H3,(H,5,6). The number of carboxylic acid groups (broad SMARTS) is 3. The Hall–Kier alpha value is -3.75. The number of aliphatic carboxylic acids is 2. The zero-order chi connectivity index (χ0) is 20.6.